The molecule has 0 unspecified atom stereocenters. The van der Waals surface area contributed by atoms with E-state index in [9.17, 15) is 24.6 Å². The molecule has 4 N–H and O–H groups in total. The first-order valence-corrected chi connectivity index (χ1v) is 13.0. The van der Waals surface area contributed by atoms with Gasteiger partial charge in [-0.05, 0) is 25.3 Å². The maximum atomic E-state index is 12.8. The number of amides is 2. The summed E-state index contributed by atoms with van der Waals surface area (Å²) < 4.78 is 3.30. The lowest BCUT2D eigenvalue weighted by Gasteiger charge is -2.46. The Kier molecular flexibility index (Phi) is 5.49. The van der Waals surface area contributed by atoms with Crippen molar-refractivity contribution in [3.8, 4) is 11.4 Å². The summed E-state index contributed by atoms with van der Waals surface area (Å²) >= 11 is 2.75. The van der Waals surface area contributed by atoms with Crippen LogP contribution in [-0.4, -0.2) is 61.0 Å². The third-order valence-corrected chi connectivity index (χ3v) is 8.90. The summed E-state index contributed by atoms with van der Waals surface area (Å²) in [6, 6.07) is 4.29. The molecule has 182 valence electrons. The first kappa shape index (κ1) is 23.5. The smallest absolute Gasteiger partial charge is 0.411 e. The van der Waals surface area contributed by atoms with Crippen LogP contribution < -0.4 is 10.1 Å². The van der Waals surface area contributed by atoms with Gasteiger partial charge in [0.05, 0.1) is 22.9 Å². The largest absolute Gasteiger partial charge is 0.477 e. The molecular weight excluding hydrogens is 490 g/mol. The molecule has 0 spiro atoms. The zero-order chi connectivity index (χ0) is 25.3. The molecule has 10 nitrogen and oxygen atoms in total. The monoisotopic (exact) mass is 514 g/mol. The number of rotatable bonds is 5. The Morgan fingerprint density at radius 2 is 2.06 bits per heavy atom. The lowest BCUT2D eigenvalue weighted by atomic mass is 9.77. The molecule has 2 amide bonds. The van der Waals surface area contributed by atoms with Gasteiger partial charge in [-0.25, -0.2) is 9.59 Å². The number of carbonyl (C=O) groups is 3. The van der Waals surface area contributed by atoms with Crippen molar-refractivity contribution in [2.75, 3.05) is 6.26 Å². The van der Waals surface area contributed by atoms with Gasteiger partial charge in [0.2, 0.25) is 16.4 Å². The van der Waals surface area contributed by atoms with Gasteiger partial charge in [-0.1, -0.05) is 36.1 Å². The van der Waals surface area contributed by atoms with Crippen LogP contribution in [0.3, 0.4) is 0 Å². The van der Waals surface area contributed by atoms with Gasteiger partial charge in [0.25, 0.3) is 5.82 Å². The number of pyridine rings is 1. The number of thiazole rings is 1. The minimum absolute atomic E-state index is 0.0518. The highest BCUT2D eigenvalue weighted by molar-refractivity contribution is 7.98. The summed E-state index contributed by atoms with van der Waals surface area (Å²) in [6.45, 7) is 5.21. The fourth-order valence-corrected chi connectivity index (χ4v) is 7.91. The van der Waals surface area contributed by atoms with Crippen LogP contribution in [0.15, 0.2) is 35.1 Å². The summed E-state index contributed by atoms with van der Waals surface area (Å²) in [5.41, 5.74) is 7.31. The number of hydrogen-bond acceptors (Lipinski definition) is 7. The first-order chi connectivity index (χ1) is 16.6. The van der Waals surface area contributed by atoms with Gasteiger partial charge in [0, 0.05) is 24.6 Å². The van der Waals surface area contributed by atoms with Crippen molar-refractivity contribution in [3.05, 3.63) is 40.8 Å². The number of carboxylic acid groups (broad SMARTS) is 1. The normalized spacial score (nSPS) is 22.5. The fourth-order valence-electron chi connectivity index (χ4n) is 5.40. The molecule has 1 fully saturated rings. The van der Waals surface area contributed by atoms with Gasteiger partial charge in [0.1, 0.15) is 11.4 Å². The number of thioether (sulfide) groups is 1. The van der Waals surface area contributed by atoms with Gasteiger partial charge >= 0.3 is 12.0 Å². The molecule has 0 aromatic carbocycles. The number of aliphatic carboxylic acids is 1. The van der Waals surface area contributed by atoms with Crippen molar-refractivity contribution in [2.45, 2.75) is 37.9 Å². The van der Waals surface area contributed by atoms with Gasteiger partial charge in [0.15, 0.2) is 5.03 Å². The molecular formula is C23H24N5O5S2+. The third kappa shape index (κ3) is 3.09. The number of aliphatic hydroxyl groups is 1. The second-order valence-corrected chi connectivity index (χ2v) is 10.5. The van der Waals surface area contributed by atoms with E-state index in [4.69, 9.17) is 5.73 Å². The average Bonchev–Trinajstić information content (AvgIpc) is 3.39. The lowest BCUT2D eigenvalue weighted by Crippen LogP contribution is -2.63. The van der Waals surface area contributed by atoms with Crippen LogP contribution in [0.25, 0.3) is 21.8 Å². The molecule has 0 bridgehead atoms. The summed E-state index contributed by atoms with van der Waals surface area (Å²) in [5, 5.41) is 21.0. The summed E-state index contributed by atoms with van der Waals surface area (Å²) in [6.07, 6.45) is 2.62. The van der Waals surface area contributed by atoms with Gasteiger partial charge < -0.3 is 20.8 Å². The number of fused-ring (bicyclic) bond motifs is 2. The van der Waals surface area contributed by atoms with E-state index in [1.807, 2.05) is 23.6 Å². The number of imidazole rings is 1. The summed E-state index contributed by atoms with van der Waals surface area (Å²) in [5.74, 6) is -1.97. The van der Waals surface area contributed by atoms with Crippen molar-refractivity contribution in [2.24, 2.45) is 17.6 Å². The van der Waals surface area contributed by atoms with E-state index in [0.29, 0.717) is 32.5 Å². The zero-order valence-electron chi connectivity index (χ0n) is 19.4. The number of carbonyl (C=O) groups excluding carboxylic acids is 2. The molecule has 3 aromatic heterocycles. The molecule has 0 saturated carbocycles. The van der Waals surface area contributed by atoms with Gasteiger partial charge in [-0.3, -0.25) is 9.78 Å². The molecule has 35 heavy (non-hydrogen) atoms. The second-order valence-electron chi connectivity index (χ2n) is 8.69. The van der Waals surface area contributed by atoms with E-state index in [-0.39, 0.29) is 17.5 Å². The average molecular weight is 515 g/mol. The highest BCUT2D eigenvalue weighted by atomic mass is 32.2. The van der Waals surface area contributed by atoms with Crippen LogP contribution in [0.1, 0.15) is 24.5 Å². The number of hydrogen-bond donors (Lipinski definition) is 3. The van der Waals surface area contributed by atoms with E-state index in [1.165, 1.54) is 32.6 Å². The highest BCUT2D eigenvalue weighted by Gasteiger charge is 2.60. The topological polar surface area (TPSA) is 143 Å². The number of primary amides is 1. The maximum absolute atomic E-state index is 12.8. The summed E-state index contributed by atoms with van der Waals surface area (Å²) in [4.78, 5) is 44.8. The fraction of sp³-hybridized carbons (Fsp3) is 0.348. The first-order valence-electron chi connectivity index (χ1n) is 11.0. The molecule has 12 heteroatoms. The zero-order valence-corrected chi connectivity index (χ0v) is 21.1. The van der Waals surface area contributed by atoms with Crippen LogP contribution in [-0.2, 0) is 9.59 Å². The maximum Gasteiger partial charge on any atom is 0.411 e. The number of aromatic nitrogens is 3. The molecule has 4 atom stereocenters. The van der Waals surface area contributed by atoms with E-state index >= 15 is 0 Å². The Labute approximate surface area is 208 Å². The van der Waals surface area contributed by atoms with Crippen molar-refractivity contribution >= 4 is 51.4 Å². The number of carboxylic acids is 1. The summed E-state index contributed by atoms with van der Waals surface area (Å²) in [7, 11) is 0. The highest BCUT2D eigenvalue weighted by Crippen LogP contribution is 2.53. The van der Waals surface area contributed by atoms with E-state index in [1.54, 1.807) is 32.2 Å². The molecule has 5 heterocycles. The Hall–Kier alpha value is -3.22. The Morgan fingerprint density at radius 3 is 2.60 bits per heavy atom. The minimum atomic E-state index is -1.19. The van der Waals surface area contributed by atoms with Crippen LogP contribution in [0.5, 0.6) is 0 Å². The third-order valence-electron chi connectivity index (χ3n) is 6.81. The number of nitrogens with zero attached hydrogens (tertiary/aromatic N) is 4. The molecule has 0 aliphatic carbocycles. The standard InChI is InChI=1S/C23H23N5O5S2/c1-9-13(17(22(31)32)28-15(9)14(10(2)29)19(28)30)18-21(34-4)27-11(3)26(23(24)33)16(20(27)35-18)12-7-5-6-8-25-12/h5-10,14-15,29H,1-4H3,(H2-,24,31,32,33)/p+1/t9-,10+,14+,15+/m0/s1. The molecule has 5 rings (SSSR count). The predicted octanol–water partition coefficient (Wildman–Crippen LogP) is 1.96. The van der Waals surface area contributed by atoms with E-state index in [2.05, 4.69) is 4.98 Å². The number of nitrogens with two attached hydrogens (primary N) is 1. The molecule has 2 aliphatic rings. The van der Waals surface area contributed by atoms with Crippen LogP contribution in [0.4, 0.5) is 4.79 Å². The van der Waals surface area contributed by atoms with Crippen LogP contribution in [0.2, 0.25) is 0 Å². The number of aryl methyl sites for hydroxylation is 1. The number of aliphatic hydroxyl groups excluding tert-OH is 1. The molecule has 1 saturated heterocycles. The second kappa shape index (κ2) is 8.18. The van der Waals surface area contributed by atoms with E-state index in [0.717, 1.165) is 5.03 Å². The van der Waals surface area contributed by atoms with Crippen molar-refractivity contribution < 1.29 is 29.0 Å². The Bertz CT molecular complexity index is 1440. The van der Waals surface area contributed by atoms with E-state index < -0.39 is 30.1 Å². The quantitative estimate of drug-likeness (QED) is 0.268. The van der Waals surface area contributed by atoms with Gasteiger partial charge in [-0.2, -0.15) is 4.40 Å². The predicted molar refractivity (Wildman–Crippen MR) is 130 cm³/mol. The van der Waals surface area contributed by atoms with Gasteiger partial charge in [-0.15, -0.1) is 4.57 Å². The Morgan fingerprint density at radius 1 is 1.34 bits per heavy atom. The SMILES string of the molecule is CSc1c(C2=C(C(=O)O)N3C(=O)[C@H]([C@@H](C)O)[C@H]3[C@H]2C)sc2c(-c3ccccn3)n(C(N)=O)c(C)[n+]12. The minimum Gasteiger partial charge on any atom is -0.477 e. The van der Waals surface area contributed by atoms with Crippen molar-refractivity contribution in [3.63, 3.8) is 0 Å². The van der Waals surface area contributed by atoms with Crippen LogP contribution >= 0.6 is 23.1 Å². The van der Waals surface area contributed by atoms with Crippen LogP contribution in [0, 0.1) is 18.8 Å². The lowest BCUT2D eigenvalue weighted by molar-refractivity contribution is -0.557. The Balaban J connectivity index is 1.81. The molecule has 0 radical (unpaired) electrons. The molecule has 2 aliphatic heterocycles. The number of β-lactam (4-membered cyclic amide) rings is 1. The van der Waals surface area contributed by atoms with Crippen molar-refractivity contribution in [1.29, 1.82) is 0 Å². The van der Waals surface area contributed by atoms with Crippen molar-refractivity contribution in [1.82, 2.24) is 14.5 Å². The molecule has 3 aromatic rings.